The van der Waals surface area contributed by atoms with E-state index < -0.39 is 0 Å². The number of carbonyl (C=O) groups excluding carboxylic acids is 1. The Morgan fingerprint density at radius 3 is 2.96 bits per heavy atom. The van der Waals surface area contributed by atoms with Crippen LogP contribution in [-0.4, -0.2) is 52.1 Å². The van der Waals surface area contributed by atoms with Gasteiger partial charge in [-0.2, -0.15) is 5.10 Å². The minimum atomic E-state index is 0.195. The van der Waals surface area contributed by atoms with Crippen molar-refractivity contribution in [1.29, 1.82) is 0 Å². The third kappa shape index (κ3) is 4.22. The average Bonchev–Trinajstić information content (AvgIpc) is 2.98. The maximum absolute atomic E-state index is 13.0. The van der Waals surface area contributed by atoms with Gasteiger partial charge in [0.25, 0.3) is 0 Å². The number of carbonyl (C=O) groups is 1. The third-order valence-electron chi connectivity index (χ3n) is 5.72. The molecule has 0 bridgehead atoms. The molecule has 2 aliphatic heterocycles. The quantitative estimate of drug-likeness (QED) is 0.864. The second-order valence-corrected chi connectivity index (χ2v) is 8.29. The van der Waals surface area contributed by atoms with Gasteiger partial charge in [0.2, 0.25) is 5.91 Å². The lowest BCUT2D eigenvalue weighted by Gasteiger charge is -2.29. The summed E-state index contributed by atoms with van der Waals surface area (Å²) in [5.41, 5.74) is 4.74. The SMILES string of the molecule is CC(C)CCc1n[nH]c2c1CN(C(=O)CN1CCOc3ccccc3C1)CC2. The first-order valence-corrected chi connectivity index (χ1v) is 10.4. The largest absolute Gasteiger partial charge is 0.492 e. The summed E-state index contributed by atoms with van der Waals surface area (Å²) in [5, 5.41) is 7.72. The van der Waals surface area contributed by atoms with Crippen LogP contribution in [0.3, 0.4) is 0 Å². The summed E-state index contributed by atoms with van der Waals surface area (Å²) >= 11 is 0. The zero-order chi connectivity index (χ0) is 19.5. The molecule has 2 aliphatic rings. The molecule has 0 saturated heterocycles. The van der Waals surface area contributed by atoms with E-state index >= 15 is 0 Å². The van der Waals surface area contributed by atoms with Crippen LogP contribution in [0.5, 0.6) is 5.75 Å². The van der Waals surface area contributed by atoms with Gasteiger partial charge in [-0.3, -0.25) is 14.8 Å². The fourth-order valence-electron chi connectivity index (χ4n) is 4.01. The number of aromatic amines is 1. The molecule has 1 aromatic heterocycles. The number of rotatable bonds is 5. The second kappa shape index (κ2) is 8.35. The van der Waals surface area contributed by atoms with E-state index in [2.05, 4.69) is 35.0 Å². The number of amides is 1. The number of ether oxygens (including phenoxy) is 1. The lowest BCUT2D eigenvalue weighted by molar-refractivity contribution is -0.133. The molecule has 3 heterocycles. The first kappa shape index (κ1) is 19.0. The Labute approximate surface area is 166 Å². The molecular weight excluding hydrogens is 352 g/mol. The third-order valence-corrected chi connectivity index (χ3v) is 5.72. The van der Waals surface area contributed by atoms with E-state index in [1.165, 1.54) is 11.3 Å². The molecule has 1 amide bonds. The predicted octanol–water partition coefficient (Wildman–Crippen LogP) is 2.78. The zero-order valence-corrected chi connectivity index (χ0v) is 16.9. The maximum atomic E-state index is 13.0. The summed E-state index contributed by atoms with van der Waals surface area (Å²) in [5.74, 6) is 1.79. The Morgan fingerprint density at radius 2 is 2.11 bits per heavy atom. The van der Waals surface area contributed by atoms with Crippen molar-refractivity contribution in [3.05, 3.63) is 46.8 Å². The van der Waals surface area contributed by atoms with E-state index in [0.29, 0.717) is 25.6 Å². The normalized spacial score (nSPS) is 17.0. The van der Waals surface area contributed by atoms with Crippen LogP contribution in [0.2, 0.25) is 0 Å². The van der Waals surface area contributed by atoms with E-state index in [0.717, 1.165) is 55.9 Å². The van der Waals surface area contributed by atoms with Crippen LogP contribution < -0.4 is 4.74 Å². The predicted molar refractivity (Wildman–Crippen MR) is 108 cm³/mol. The van der Waals surface area contributed by atoms with E-state index in [9.17, 15) is 4.79 Å². The smallest absolute Gasteiger partial charge is 0.237 e. The van der Waals surface area contributed by atoms with Gasteiger partial charge in [0.05, 0.1) is 12.2 Å². The monoisotopic (exact) mass is 382 g/mol. The van der Waals surface area contributed by atoms with E-state index in [1.807, 2.05) is 23.1 Å². The van der Waals surface area contributed by atoms with Gasteiger partial charge in [-0.05, 0) is 24.8 Å². The summed E-state index contributed by atoms with van der Waals surface area (Å²) in [6, 6.07) is 8.10. The summed E-state index contributed by atoms with van der Waals surface area (Å²) in [6.45, 7) is 8.49. The zero-order valence-electron chi connectivity index (χ0n) is 16.9. The van der Waals surface area contributed by atoms with E-state index in [1.54, 1.807) is 0 Å². The van der Waals surface area contributed by atoms with Gasteiger partial charge in [-0.15, -0.1) is 0 Å². The molecule has 0 spiro atoms. The molecule has 28 heavy (non-hydrogen) atoms. The highest BCUT2D eigenvalue weighted by molar-refractivity contribution is 5.78. The van der Waals surface area contributed by atoms with Crippen molar-refractivity contribution >= 4 is 5.91 Å². The lowest BCUT2D eigenvalue weighted by atomic mass is 10.00. The van der Waals surface area contributed by atoms with Crippen molar-refractivity contribution in [2.24, 2.45) is 5.92 Å². The first-order chi connectivity index (χ1) is 13.6. The van der Waals surface area contributed by atoms with Crippen molar-refractivity contribution in [3.8, 4) is 5.75 Å². The summed E-state index contributed by atoms with van der Waals surface area (Å²) in [6.07, 6.45) is 2.96. The van der Waals surface area contributed by atoms with Crippen molar-refractivity contribution < 1.29 is 9.53 Å². The number of benzene rings is 1. The fraction of sp³-hybridized carbons (Fsp3) is 0.545. The minimum absolute atomic E-state index is 0.195. The molecule has 0 unspecified atom stereocenters. The maximum Gasteiger partial charge on any atom is 0.237 e. The lowest BCUT2D eigenvalue weighted by Crippen LogP contribution is -2.43. The van der Waals surface area contributed by atoms with Gasteiger partial charge < -0.3 is 9.64 Å². The molecule has 1 aromatic carbocycles. The molecule has 150 valence electrons. The highest BCUT2D eigenvalue weighted by atomic mass is 16.5. The number of H-pyrrole nitrogens is 1. The first-order valence-electron chi connectivity index (χ1n) is 10.4. The number of nitrogens with one attached hydrogen (secondary N) is 1. The van der Waals surface area contributed by atoms with Gasteiger partial charge in [0, 0.05) is 49.4 Å². The summed E-state index contributed by atoms with van der Waals surface area (Å²) in [7, 11) is 0. The van der Waals surface area contributed by atoms with Crippen LogP contribution in [0.4, 0.5) is 0 Å². The van der Waals surface area contributed by atoms with Gasteiger partial charge in [0.15, 0.2) is 0 Å². The molecule has 0 fully saturated rings. The number of nitrogens with zero attached hydrogens (tertiary/aromatic N) is 3. The van der Waals surface area contributed by atoms with Crippen molar-refractivity contribution in [1.82, 2.24) is 20.0 Å². The highest BCUT2D eigenvalue weighted by Crippen LogP contribution is 2.24. The molecule has 0 atom stereocenters. The van der Waals surface area contributed by atoms with Gasteiger partial charge in [-0.1, -0.05) is 32.0 Å². The number of aryl methyl sites for hydroxylation is 1. The van der Waals surface area contributed by atoms with Crippen molar-refractivity contribution in [3.63, 3.8) is 0 Å². The summed E-state index contributed by atoms with van der Waals surface area (Å²) in [4.78, 5) is 17.2. The van der Waals surface area contributed by atoms with Crippen LogP contribution >= 0.6 is 0 Å². The molecule has 4 rings (SSSR count). The number of fused-ring (bicyclic) bond motifs is 2. The summed E-state index contributed by atoms with van der Waals surface area (Å²) < 4.78 is 5.82. The molecule has 6 nitrogen and oxygen atoms in total. The molecule has 0 saturated carbocycles. The van der Waals surface area contributed by atoms with Gasteiger partial charge in [0.1, 0.15) is 12.4 Å². The Balaban J connectivity index is 1.39. The van der Waals surface area contributed by atoms with Gasteiger partial charge in [-0.25, -0.2) is 0 Å². The molecular formula is C22H30N4O2. The van der Waals surface area contributed by atoms with Crippen LogP contribution in [0.15, 0.2) is 24.3 Å². The molecule has 1 N–H and O–H groups in total. The van der Waals surface area contributed by atoms with Crippen LogP contribution in [0.1, 0.15) is 42.8 Å². The van der Waals surface area contributed by atoms with Crippen LogP contribution in [0, 0.1) is 5.92 Å². The molecule has 0 radical (unpaired) electrons. The molecule has 6 heteroatoms. The van der Waals surface area contributed by atoms with Crippen LogP contribution in [-0.2, 0) is 30.7 Å². The number of hydrogen-bond acceptors (Lipinski definition) is 4. The van der Waals surface area contributed by atoms with Crippen molar-refractivity contribution in [2.45, 2.75) is 46.2 Å². The van der Waals surface area contributed by atoms with Gasteiger partial charge >= 0.3 is 0 Å². The average molecular weight is 383 g/mol. The minimum Gasteiger partial charge on any atom is -0.492 e. The van der Waals surface area contributed by atoms with Crippen molar-refractivity contribution in [2.75, 3.05) is 26.2 Å². The van der Waals surface area contributed by atoms with E-state index in [-0.39, 0.29) is 5.91 Å². The molecule has 0 aliphatic carbocycles. The Kier molecular flexibility index (Phi) is 5.67. The Morgan fingerprint density at radius 1 is 1.25 bits per heavy atom. The molecule has 2 aromatic rings. The number of aromatic nitrogens is 2. The topological polar surface area (TPSA) is 61.5 Å². The van der Waals surface area contributed by atoms with Crippen LogP contribution in [0.25, 0.3) is 0 Å². The standard InChI is InChI=1S/C22H30N4O2/c1-16(2)7-8-19-18-14-26(10-9-20(18)24-23-19)22(27)15-25-11-12-28-21-6-4-3-5-17(21)13-25/h3-6,16H,7-15H2,1-2H3,(H,23,24). The highest BCUT2D eigenvalue weighted by Gasteiger charge is 2.27. The Hall–Kier alpha value is -2.34. The number of para-hydroxylation sites is 1. The number of hydrogen-bond donors (Lipinski definition) is 1. The Bertz CT molecular complexity index is 830. The second-order valence-electron chi connectivity index (χ2n) is 8.29. The van der Waals surface area contributed by atoms with E-state index in [4.69, 9.17) is 4.74 Å². The fourth-order valence-corrected chi connectivity index (χ4v) is 4.01.